The van der Waals surface area contributed by atoms with Crippen molar-refractivity contribution in [3.8, 4) is 11.5 Å². The summed E-state index contributed by atoms with van der Waals surface area (Å²) >= 11 is 6.13. The first-order valence-corrected chi connectivity index (χ1v) is 7.76. The van der Waals surface area contributed by atoms with Gasteiger partial charge in [0.15, 0.2) is 11.5 Å². The van der Waals surface area contributed by atoms with Crippen LogP contribution in [-0.2, 0) is 13.0 Å². The maximum absolute atomic E-state index is 12.7. The SMILES string of the molecule is O=c1c2cccnc2nc2n1CCc1c-2[nH]c2ccc(Cl)cc12. The Balaban J connectivity index is 1.90. The summed E-state index contributed by atoms with van der Waals surface area (Å²) in [6.07, 6.45) is 2.43. The van der Waals surface area contributed by atoms with Gasteiger partial charge in [-0.25, -0.2) is 9.97 Å². The van der Waals surface area contributed by atoms with E-state index >= 15 is 0 Å². The molecule has 0 radical (unpaired) electrons. The molecule has 1 N–H and O–H groups in total. The van der Waals surface area contributed by atoms with E-state index in [1.165, 1.54) is 0 Å². The van der Waals surface area contributed by atoms with Crippen molar-refractivity contribution in [3.05, 3.63) is 57.5 Å². The van der Waals surface area contributed by atoms with Crippen molar-refractivity contribution in [2.45, 2.75) is 13.0 Å². The van der Waals surface area contributed by atoms with Crippen molar-refractivity contribution in [2.75, 3.05) is 0 Å². The second-order valence-electron chi connectivity index (χ2n) is 5.69. The van der Waals surface area contributed by atoms with Crippen LogP contribution in [0.5, 0.6) is 0 Å². The molecule has 23 heavy (non-hydrogen) atoms. The summed E-state index contributed by atoms with van der Waals surface area (Å²) in [4.78, 5) is 24.9. The maximum Gasteiger partial charge on any atom is 0.263 e. The third kappa shape index (κ3) is 1.71. The number of aromatic nitrogens is 4. The summed E-state index contributed by atoms with van der Waals surface area (Å²) in [5.41, 5.74) is 3.49. The van der Waals surface area contributed by atoms with Crippen LogP contribution < -0.4 is 5.56 Å². The Kier molecular flexibility index (Phi) is 2.47. The molecule has 0 saturated heterocycles. The highest BCUT2D eigenvalue weighted by Gasteiger charge is 2.24. The summed E-state index contributed by atoms with van der Waals surface area (Å²) in [5, 5.41) is 2.35. The zero-order chi connectivity index (χ0) is 15.6. The number of hydrogen-bond acceptors (Lipinski definition) is 3. The molecule has 0 bridgehead atoms. The van der Waals surface area contributed by atoms with E-state index in [1.54, 1.807) is 22.9 Å². The molecular weight excluding hydrogens is 312 g/mol. The van der Waals surface area contributed by atoms with Crippen molar-refractivity contribution < 1.29 is 0 Å². The minimum Gasteiger partial charge on any atom is -0.352 e. The Bertz CT molecular complexity index is 1160. The smallest absolute Gasteiger partial charge is 0.263 e. The average molecular weight is 323 g/mol. The largest absolute Gasteiger partial charge is 0.352 e. The van der Waals surface area contributed by atoms with Crippen molar-refractivity contribution in [1.29, 1.82) is 0 Å². The predicted molar refractivity (Wildman–Crippen MR) is 89.8 cm³/mol. The van der Waals surface area contributed by atoms with E-state index in [1.807, 2.05) is 18.2 Å². The summed E-state index contributed by atoms with van der Waals surface area (Å²) < 4.78 is 1.73. The molecule has 4 heterocycles. The monoisotopic (exact) mass is 322 g/mol. The number of halogens is 1. The van der Waals surface area contributed by atoms with Gasteiger partial charge in [0.1, 0.15) is 0 Å². The molecule has 0 amide bonds. The van der Waals surface area contributed by atoms with Gasteiger partial charge >= 0.3 is 0 Å². The van der Waals surface area contributed by atoms with Gasteiger partial charge in [0.2, 0.25) is 0 Å². The van der Waals surface area contributed by atoms with Crippen LogP contribution in [0.4, 0.5) is 0 Å². The molecule has 5 rings (SSSR count). The lowest BCUT2D eigenvalue weighted by atomic mass is 10.0. The van der Waals surface area contributed by atoms with Crippen LogP contribution >= 0.6 is 11.6 Å². The van der Waals surface area contributed by atoms with Crippen LogP contribution in [0.2, 0.25) is 5.02 Å². The van der Waals surface area contributed by atoms with Crippen LogP contribution in [0.25, 0.3) is 33.5 Å². The molecule has 112 valence electrons. The molecule has 1 aliphatic rings. The summed E-state index contributed by atoms with van der Waals surface area (Å²) in [7, 11) is 0. The number of fused-ring (bicyclic) bond motifs is 6. The molecular formula is C17H11ClN4O. The van der Waals surface area contributed by atoms with Crippen LogP contribution in [0.1, 0.15) is 5.56 Å². The van der Waals surface area contributed by atoms with E-state index in [0.29, 0.717) is 28.4 Å². The highest BCUT2D eigenvalue weighted by Crippen LogP contribution is 2.34. The Hall–Kier alpha value is -2.66. The first-order valence-electron chi connectivity index (χ1n) is 7.38. The number of benzene rings is 1. The molecule has 0 fully saturated rings. The van der Waals surface area contributed by atoms with E-state index in [-0.39, 0.29) is 5.56 Å². The van der Waals surface area contributed by atoms with Crippen molar-refractivity contribution >= 4 is 33.5 Å². The number of nitrogens with one attached hydrogen (secondary N) is 1. The van der Waals surface area contributed by atoms with Crippen LogP contribution in [0.3, 0.4) is 0 Å². The van der Waals surface area contributed by atoms with Crippen LogP contribution in [-0.4, -0.2) is 19.5 Å². The zero-order valence-corrected chi connectivity index (χ0v) is 12.8. The van der Waals surface area contributed by atoms with Gasteiger partial charge in [-0.05, 0) is 42.3 Å². The van der Waals surface area contributed by atoms with Gasteiger partial charge in [-0.3, -0.25) is 9.36 Å². The van der Waals surface area contributed by atoms with Crippen LogP contribution in [0.15, 0.2) is 41.3 Å². The molecule has 0 saturated carbocycles. The third-order valence-electron chi connectivity index (χ3n) is 4.41. The van der Waals surface area contributed by atoms with Gasteiger partial charge < -0.3 is 4.98 Å². The van der Waals surface area contributed by atoms with Crippen molar-refractivity contribution in [3.63, 3.8) is 0 Å². The Morgan fingerprint density at radius 3 is 3.04 bits per heavy atom. The Morgan fingerprint density at radius 2 is 2.13 bits per heavy atom. The summed E-state index contributed by atoms with van der Waals surface area (Å²) in [6.45, 7) is 0.610. The number of aryl methyl sites for hydroxylation is 1. The molecule has 0 unspecified atom stereocenters. The van der Waals surface area contributed by atoms with E-state index < -0.39 is 0 Å². The average Bonchev–Trinajstić information content (AvgIpc) is 2.93. The standard InChI is InChI=1S/C17H11ClN4O/c18-9-3-4-13-12(8-9)10-5-7-22-16(14(10)20-13)21-15-11(17(22)23)2-1-6-19-15/h1-4,6,8,20H,5,7H2. The number of aromatic amines is 1. The minimum atomic E-state index is -0.0413. The second-order valence-corrected chi connectivity index (χ2v) is 6.12. The van der Waals surface area contributed by atoms with E-state index in [4.69, 9.17) is 11.6 Å². The molecule has 3 aromatic heterocycles. The number of rotatable bonds is 0. The van der Waals surface area contributed by atoms with E-state index in [2.05, 4.69) is 15.0 Å². The zero-order valence-electron chi connectivity index (χ0n) is 12.0. The fourth-order valence-corrected chi connectivity index (χ4v) is 3.52. The number of nitrogens with zero attached hydrogens (tertiary/aromatic N) is 3. The molecule has 4 aromatic rings. The normalized spacial score (nSPS) is 13.3. The lowest BCUT2D eigenvalue weighted by Gasteiger charge is -2.18. The summed E-state index contributed by atoms with van der Waals surface area (Å²) in [5.74, 6) is 0.648. The van der Waals surface area contributed by atoms with E-state index in [0.717, 1.165) is 28.6 Å². The van der Waals surface area contributed by atoms with Crippen LogP contribution in [0, 0.1) is 0 Å². The maximum atomic E-state index is 12.7. The Labute approximate surface area is 135 Å². The number of H-pyrrole nitrogens is 1. The van der Waals surface area contributed by atoms with Crippen molar-refractivity contribution in [2.24, 2.45) is 0 Å². The molecule has 0 spiro atoms. The first kappa shape index (κ1) is 12.8. The highest BCUT2D eigenvalue weighted by atomic mass is 35.5. The van der Waals surface area contributed by atoms with Gasteiger partial charge in [-0.15, -0.1) is 0 Å². The molecule has 0 aliphatic carbocycles. The first-order chi connectivity index (χ1) is 11.2. The third-order valence-corrected chi connectivity index (χ3v) is 4.64. The molecule has 0 atom stereocenters. The Morgan fingerprint density at radius 1 is 1.22 bits per heavy atom. The minimum absolute atomic E-state index is 0.0413. The molecule has 6 heteroatoms. The van der Waals surface area contributed by atoms with Gasteiger partial charge in [0, 0.05) is 28.7 Å². The summed E-state index contributed by atoms with van der Waals surface area (Å²) in [6, 6.07) is 9.30. The van der Waals surface area contributed by atoms with Crippen molar-refractivity contribution in [1.82, 2.24) is 19.5 Å². The van der Waals surface area contributed by atoms with E-state index in [9.17, 15) is 4.79 Å². The lowest BCUT2D eigenvalue weighted by molar-refractivity contribution is 0.652. The number of pyridine rings is 1. The molecule has 1 aliphatic heterocycles. The van der Waals surface area contributed by atoms with Gasteiger partial charge in [-0.2, -0.15) is 0 Å². The van der Waals surface area contributed by atoms with Gasteiger partial charge in [0.25, 0.3) is 5.56 Å². The second kappa shape index (κ2) is 4.43. The topological polar surface area (TPSA) is 63.6 Å². The quantitative estimate of drug-likeness (QED) is 0.541. The fraction of sp³-hybridized carbons (Fsp3) is 0.118. The van der Waals surface area contributed by atoms with Gasteiger partial charge in [-0.1, -0.05) is 11.6 Å². The van der Waals surface area contributed by atoms with Gasteiger partial charge in [0.05, 0.1) is 11.1 Å². The molecule has 5 nitrogen and oxygen atoms in total. The highest BCUT2D eigenvalue weighted by molar-refractivity contribution is 6.31. The lowest BCUT2D eigenvalue weighted by Crippen LogP contribution is -2.27. The molecule has 1 aromatic carbocycles. The predicted octanol–water partition coefficient (Wildman–Crippen LogP) is 3.15. The fourth-order valence-electron chi connectivity index (χ4n) is 3.35. The number of hydrogen-bond donors (Lipinski definition) is 1.